The monoisotopic (exact) mass is 240 g/mol. The van der Waals surface area contributed by atoms with Gasteiger partial charge in [-0.1, -0.05) is 0 Å². The lowest BCUT2D eigenvalue weighted by Crippen LogP contribution is -1.99. The van der Waals surface area contributed by atoms with Gasteiger partial charge in [-0.2, -0.15) is 0 Å². The van der Waals surface area contributed by atoms with E-state index >= 15 is 0 Å². The number of hydrogen-bond donors (Lipinski definition) is 1. The van der Waals surface area contributed by atoms with Gasteiger partial charge in [-0.25, -0.2) is 0 Å². The molecule has 0 saturated carbocycles. The van der Waals surface area contributed by atoms with Crippen LogP contribution in [-0.4, -0.2) is 32.5 Å². The van der Waals surface area contributed by atoms with Crippen molar-refractivity contribution in [2.75, 3.05) is 27.4 Å². The third-order valence-corrected chi connectivity index (χ3v) is 2.40. The van der Waals surface area contributed by atoms with Crippen molar-refractivity contribution in [2.24, 2.45) is 0 Å². The normalized spacial score (nSPS) is 10.1. The lowest BCUT2D eigenvalue weighted by molar-refractivity contribution is 0.265. The summed E-state index contributed by atoms with van der Waals surface area (Å²) in [5.41, 5.74) is 0. The van der Waals surface area contributed by atoms with Crippen molar-refractivity contribution in [3.8, 4) is 17.2 Å². The smallest absolute Gasteiger partial charge is 0.126 e. The maximum absolute atomic E-state index is 8.65. The van der Waals surface area contributed by atoms with Crippen LogP contribution in [0.5, 0.6) is 17.2 Å². The Kier molecular flexibility index (Phi) is 6.25. The molecule has 0 saturated heterocycles. The summed E-state index contributed by atoms with van der Waals surface area (Å²) >= 11 is 0. The van der Waals surface area contributed by atoms with E-state index in [1.165, 1.54) is 0 Å². The second-order valence-corrected chi connectivity index (χ2v) is 3.68. The van der Waals surface area contributed by atoms with Gasteiger partial charge in [0.25, 0.3) is 0 Å². The number of unbranched alkanes of at least 4 members (excludes halogenated alkanes) is 2. The van der Waals surface area contributed by atoms with Gasteiger partial charge in [-0.15, -0.1) is 0 Å². The van der Waals surface area contributed by atoms with E-state index in [0.717, 1.165) is 36.5 Å². The van der Waals surface area contributed by atoms with Gasteiger partial charge in [-0.05, 0) is 19.3 Å². The Labute approximate surface area is 102 Å². The number of ether oxygens (including phenoxy) is 3. The van der Waals surface area contributed by atoms with Crippen molar-refractivity contribution in [2.45, 2.75) is 19.3 Å². The lowest BCUT2D eigenvalue weighted by Gasteiger charge is -2.10. The second-order valence-electron chi connectivity index (χ2n) is 3.68. The number of benzene rings is 1. The number of methoxy groups -OCH3 is 2. The van der Waals surface area contributed by atoms with Crippen LogP contribution in [0.15, 0.2) is 18.2 Å². The molecule has 0 heterocycles. The van der Waals surface area contributed by atoms with Crippen molar-refractivity contribution < 1.29 is 19.3 Å². The van der Waals surface area contributed by atoms with Gasteiger partial charge in [0, 0.05) is 24.8 Å². The number of aliphatic hydroxyl groups is 1. The Hall–Kier alpha value is -1.42. The summed E-state index contributed by atoms with van der Waals surface area (Å²) in [5.74, 6) is 2.18. The standard InChI is InChI=1S/C13H20O4/c1-15-11-8-12(16-2)10-13(9-11)17-7-5-3-4-6-14/h8-10,14H,3-7H2,1-2H3. The van der Waals surface area contributed by atoms with E-state index in [1.807, 2.05) is 12.1 Å². The van der Waals surface area contributed by atoms with Gasteiger partial charge in [0.1, 0.15) is 17.2 Å². The molecule has 0 aliphatic carbocycles. The fourth-order valence-electron chi connectivity index (χ4n) is 1.45. The third kappa shape index (κ3) is 4.95. The molecular weight excluding hydrogens is 220 g/mol. The SMILES string of the molecule is COc1cc(OC)cc(OCCCCCO)c1. The molecule has 1 aromatic carbocycles. The molecule has 0 unspecified atom stereocenters. The van der Waals surface area contributed by atoms with Gasteiger partial charge >= 0.3 is 0 Å². The molecule has 0 spiro atoms. The molecule has 0 radical (unpaired) electrons. The number of aliphatic hydroxyl groups excluding tert-OH is 1. The summed E-state index contributed by atoms with van der Waals surface area (Å²) in [5, 5.41) is 8.65. The number of hydrogen-bond acceptors (Lipinski definition) is 4. The van der Waals surface area contributed by atoms with Crippen molar-refractivity contribution in [1.29, 1.82) is 0 Å². The van der Waals surface area contributed by atoms with E-state index in [0.29, 0.717) is 6.61 Å². The van der Waals surface area contributed by atoms with Crippen LogP contribution in [-0.2, 0) is 0 Å². The Morgan fingerprint density at radius 2 is 1.47 bits per heavy atom. The van der Waals surface area contributed by atoms with Crippen molar-refractivity contribution in [3.63, 3.8) is 0 Å². The fourth-order valence-corrected chi connectivity index (χ4v) is 1.45. The van der Waals surface area contributed by atoms with Crippen molar-refractivity contribution in [3.05, 3.63) is 18.2 Å². The van der Waals surface area contributed by atoms with Crippen LogP contribution in [0.3, 0.4) is 0 Å². The molecule has 17 heavy (non-hydrogen) atoms. The molecule has 0 aliphatic rings. The van der Waals surface area contributed by atoms with Gasteiger partial charge in [-0.3, -0.25) is 0 Å². The predicted octanol–water partition coefficient (Wildman–Crippen LogP) is 2.25. The van der Waals surface area contributed by atoms with Gasteiger partial charge in [0.2, 0.25) is 0 Å². The zero-order chi connectivity index (χ0) is 12.5. The summed E-state index contributed by atoms with van der Waals surface area (Å²) in [6.45, 7) is 0.878. The molecule has 96 valence electrons. The summed E-state index contributed by atoms with van der Waals surface area (Å²) < 4.78 is 15.9. The first kappa shape index (κ1) is 13.6. The van der Waals surface area contributed by atoms with Crippen molar-refractivity contribution in [1.82, 2.24) is 0 Å². The van der Waals surface area contributed by atoms with Crippen LogP contribution in [0.2, 0.25) is 0 Å². The molecule has 0 fully saturated rings. The zero-order valence-electron chi connectivity index (χ0n) is 10.4. The first-order valence-corrected chi connectivity index (χ1v) is 5.77. The van der Waals surface area contributed by atoms with Gasteiger partial charge in [0.05, 0.1) is 20.8 Å². The minimum Gasteiger partial charge on any atom is -0.496 e. The lowest BCUT2D eigenvalue weighted by atomic mass is 10.2. The maximum atomic E-state index is 8.65. The van der Waals surface area contributed by atoms with E-state index in [2.05, 4.69) is 0 Å². The molecule has 1 rings (SSSR count). The Balaban J connectivity index is 2.46. The molecular formula is C13H20O4. The molecule has 0 aromatic heterocycles. The summed E-state index contributed by atoms with van der Waals surface area (Å²) in [6, 6.07) is 5.46. The van der Waals surface area contributed by atoms with E-state index in [4.69, 9.17) is 19.3 Å². The molecule has 1 N–H and O–H groups in total. The molecule has 0 aliphatic heterocycles. The van der Waals surface area contributed by atoms with Gasteiger partial charge < -0.3 is 19.3 Å². The van der Waals surface area contributed by atoms with E-state index in [9.17, 15) is 0 Å². The first-order chi connectivity index (χ1) is 8.30. The highest BCUT2D eigenvalue weighted by atomic mass is 16.5. The quantitative estimate of drug-likeness (QED) is 0.708. The third-order valence-electron chi connectivity index (χ3n) is 2.40. The predicted molar refractivity (Wildman–Crippen MR) is 66.0 cm³/mol. The van der Waals surface area contributed by atoms with E-state index in [1.54, 1.807) is 20.3 Å². The minimum absolute atomic E-state index is 0.243. The Morgan fingerprint density at radius 3 is 2.00 bits per heavy atom. The van der Waals surface area contributed by atoms with E-state index < -0.39 is 0 Å². The van der Waals surface area contributed by atoms with Crippen LogP contribution >= 0.6 is 0 Å². The molecule has 4 heteroatoms. The molecule has 0 bridgehead atoms. The maximum Gasteiger partial charge on any atom is 0.126 e. The summed E-state index contributed by atoms with van der Waals surface area (Å²) in [7, 11) is 3.22. The second kappa shape index (κ2) is 7.79. The van der Waals surface area contributed by atoms with Crippen LogP contribution in [0.1, 0.15) is 19.3 Å². The van der Waals surface area contributed by atoms with Crippen LogP contribution < -0.4 is 14.2 Å². The van der Waals surface area contributed by atoms with Crippen LogP contribution in [0.25, 0.3) is 0 Å². The highest BCUT2D eigenvalue weighted by Crippen LogP contribution is 2.27. The summed E-state index contributed by atoms with van der Waals surface area (Å²) in [6.07, 6.45) is 2.72. The number of rotatable bonds is 8. The highest BCUT2D eigenvalue weighted by molar-refractivity contribution is 5.41. The average molecular weight is 240 g/mol. The van der Waals surface area contributed by atoms with Crippen LogP contribution in [0, 0.1) is 0 Å². The van der Waals surface area contributed by atoms with Crippen molar-refractivity contribution >= 4 is 0 Å². The summed E-state index contributed by atoms with van der Waals surface area (Å²) in [4.78, 5) is 0. The molecule has 0 atom stereocenters. The van der Waals surface area contributed by atoms with Gasteiger partial charge in [0.15, 0.2) is 0 Å². The zero-order valence-corrected chi connectivity index (χ0v) is 10.4. The van der Waals surface area contributed by atoms with E-state index in [-0.39, 0.29) is 6.61 Å². The Morgan fingerprint density at radius 1 is 0.882 bits per heavy atom. The largest absolute Gasteiger partial charge is 0.496 e. The first-order valence-electron chi connectivity index (χ1n) is 5.77. The highest BCUT2D eigenvalue weighted by Gasteiger charge is 2.02. The molecule has 4 nitrogen and oxygen atoms in total. The fraction of sp³-hybridized carbons (Fsp3) is 0.538. The topological polar surface area (TPSA) is 47.9 Å². The molecule has 0 amide bonds. The minimum atomic E-state index is 0.243. The Bertz CT molecular complexity index is 303. The van der Waals surface area contributed by atoms with Crippen LogP contribution in [0.4, 0.5) is 0 Å². The average Bonchev–Trinajstić information content (AvgIpc) is 2.38. The molecule has 1 aromatic rings.